The standard InChI is InChI=1S/C19H20N2O5S/c1-5-21(19-20-16-8-11(2)6-7-17(16)26-19)27(24,25)14-9-12(3)13(4)15(10-14)18(22)23/h6-10H,5H2,1-4H3,(H,22,23). The van der Waals surface area contributed by atoms with Gasteiger partial charge < -0.3 is 9.52 Å². The van der Waals surface area contributed by atoms with Gasteiger partial charge in [0, 0.05) is 6.54 Å². The van der Waals surface area contributed by atoms with Crippen molar-refractivity contribution in [3.05, 3.63) is 52.6 Å². The van der Waals surface area contributed by atoms with E-state index in [0.29, 0.717) is 22.2 Å². The maximum absolute atomic E-state index is 13.2. The first-order chi connectivity index (χ1) is 12.6. The maximum atomic E-state index is 13.2. The monoisotopic (exact) mass is 388 g/mol. The first kappa shape index (κ1) is 18.9. The van der Waals surface area contributed by atoms with Gasteiger partial charge in [0.15, 0.2) is 5.58 Å². The Kier molecular flexibility index (Phi) is 4.69. The predicted molar refractivity (Wildman–Crippen MR) is 102 cm³/mol. The number of carboxylic acid groups (broad SMARTS) is 1. The highest BCUT2D eigenvalue weighted by molar-refractivity contribution is 7.92. The molecule has 0 spiro atoms. The van der Waals surface area contributed by atoms with Crippen LogP contribution in [0.4, 0.5) is 6.01 Å². The minimum atomic E-state index is -4.04. The van der Waals surface area contributed by atoms with Crippen molar-refractivity contribution in [2.75, 3.05) is 10.8 Å². The minimum absolute atomic E-state index is 0.0437. The van der Waals surface area contributed by atoms with Crippen molar-refractivity contribution in [2.24, 2.45) is 0 Å². The summed E-state index contributed by atoms with van der Waals surface area (Å²) in [6.07, 6.45) is 0. The number of fused-ring (bicyclic) bond motifs is 1. The number of benzene rings is 2. The molecule has 1 N–H and O–H groups in total. The molecule has 0 atom stereocenters. The number of carboxylic acids is 1. The summed E-state index contributed by atoms with van der Waals surface area (Å²) in [5.41, 5.74) is 3.09. The Labute approximate surface area is 157 Å². The molecule has 0 aliphatic rings. The van der Waals surface area contributed by atoms with Gasteiger partial charge >= 0.3 is 12.0 Å². The van der Waals surface area contributed by atoms with Gasteiger partial charge in [-0.05, 0) is 68.7 Å². The van der Waals surface area contributed by atoms with Crippen LogP contribution in [-0.4, -0.2) is 31.0 Å². The summed E-state index contributed by atoms with van der Waals surface area (Å²) >= 11 is 0. The highest BCUT2D eigenvalue weighted by atomic mass is 32.2. The number of hydrogen-bond donors (Lipinski definition) is 1. The fraction of sp³-hybridized carbons (Fsp3) is 0.263. The van der Waals surface area contributed by atoms with Crippen molar-refractivity contribution < 1.29 is 22.7 Å². The van der Waals surface area contributed by atoms with E-state index in [2.05, 4.69) is 4.98 Å². The zero-order valence-electron chi connectivity index (χ0n) is 15.5. The second-order valence-electron chi connectivity index (χ2n) is 6.36. The van der Waals surface area contributed by atoms with Gasteiger partial charge in [0.2, 0.25) is 0 Å². The number of oxazole rings is 1. The third-order valence-electron chi connectivity index (χ3n) is 4.49. The Morgan fingerprint density at radius 3 is 2.52 bits per heavy atom. The summed E-state index contributed by atoms with van der Waals surface area (Å²) in [6.45, 7) is 6.99. The molecule has 2 aromatic carbocycles. The molecule has 0 radical (unpaired) electrons. The number of aryl methyl sites for hydroxylation is 2. The van der Waals surface area contributed by atoms with E-state index in [-0.39, 0.29) is 23.0 Å². The van der Waals surface area contributed by atoms with Gasteiger partial charge in [-0.25, -0.2) is 17.5 Å². The molecule has 142 valence electrons. The van der Waals surface area contributed by atoms with Gasteiger partial charge in [0.25, 0.3) is 10.0 Å². The van der Waals surface area contributed by atoms with Gasteiger partial charge in [-0.3, -0.25) is 0 Å². The third kappa shape index (κ3) is 3.28. The number of hydrogen-bond acceptors (Lipinski definition) is 5. The predicted octanol–water partition coefficient (Wildman–Crippen LogP) is 3.67. The molecule has 3 rings (SSSR count). The summed E-state index contributed by atoms with van der Waals surface area (Å²) in [5.74, 6) is -1.17. The third-order valence-corrected chi connectivity index (χ3v) is 6.32. The molecule has 0 aliphatic carbocycles. The molecule has 1 heterocycles. The maximum Gasteiger partial charge on any atom is 0.336 e. The average Bonchev–Trinajstić information content (AvgIpc) is 2.99. The Morgan fingerprint density at radius 2 is 1.89 bits per heavy atom. The number of rotatable bonds is 5. The first-order valence-corrected chi connectivity index (χ1v) is 9.83. The summed E-state index contributed by atoms with van der Waals surface area (Å²) < 4.78 is 33.0. The van der Waals surface area contributed by atoms with E-state index in [1.807, 2.05) is 13.0 Å². The number of carbonyl (C=O) groups is 1. The lowest BCUT2D eigenvalue weighted by Crippen LogP contribution is -2.31. The molecule has 0 fully saturated rings. The van der Waals surface area contributed by atoms with Crippen LogP contribution in [0.25, 0.3) is 11.1 Å². The lowest BCUT2D eigenvalue weighted by molar-refractivity contribution is 0.0695. The number of sulfonamides is 1. The molecule has 7 nitrogen and oxygen atoms in total. The molecule has 27 heavy (non-hydrogen) atoms. The van der Waals surface area contributed by atoms with Gasteiger partial charge in [0.05, 0.1) is 10.5 Å². The van der Waals surface area contributed by atoms with E-state index in [1.165, 1.54) is 12.1 Å². The summed E-state index contributed by atoms with van der Waals surface area (Å²) in [5, 5.41) is 9.38. The van der Waals surface area contributed by atoms with Crippen molar-refractivity contribution in [3.63, 3.8) is 0 Å². The van der Waals surface area contributed by atoms with Crippen molar-refractivity contribution >= 4 is 33.1 Å². The molecule has 0 bridgehead atoms. The lowest BCUT2D eigenvalue weighted by atomic mass is 10.0. The van der Waals surface area contributed by atoms with Crippen molar-refractivity contribution in [1.82, 2.24) is 4.98 Å². The Balaban J connectivity index is 2.15. The van der Waals surface area contributed by atoms with E-state index in [1.54, 1.807) is 32.9 Å². The number of aromatic carboxylic acids is 1. The fourth-order valence-electron chi connectivity index (χ4n) is 2.86. The van der Waals surface area contributed by atoms with Crippen LogP contribution in [0.15, 0.2) is 39.6 Å². The zero-order valence-corrected chi connectivity index (χ0v) is 16.3. The summed E-state index contributed by atoms with van der Waals surface area (Å²) in [6, 6.07) is 7.99. The lowest BCUT2D eigenvalue weighted by Gasteiger charge is -2.19. The van der Waals surface area contributed by atoms with E-state index >= 15 is 0 Å². The van der Waals surface area contributed by atoms with Crippen LogP contribution >= 0.6 is 0 Å². The molecule has 0 aliphatic heterocycles. The van der Waals surface area contributed by atoms with Crippen LogP contribution in [-0.2, 0) is 10.0 Å². The van der Waals surface area contributed by atoms with Gasteiger partial charge in [-0.15, -0.1) is 0 Å². The van der Waals surface area contributed by atoms with Crippen LogP contribution in [0.2, 0.25) is 0 Å². The molecule has 0 saturated heterocycles. The van der Waals surface area contributed by atoms with E-state index in [9.17, 15) is 18.3 Å². The van der Waals surface area contributed by atoms with E-state index in [4.69, 9.17) is 4.42 Å². The number of nitrogens with zero attached hydrogens (tertiary/aromatic N) is 2. The molecule has 8 heteroatoms. The van der Waals surface area contributed by atoms with Gasteiger partial charge in [0.1, 0.15) is 5.52 Å². The second kappa shape index (κ2) is 6.70. The van der Waals surface area contributed by atoms with Crippen LogP contribution in [0, 0.1) is 20.8 Å². The summed E-state index contributed by atoms with van der Waals surface area (Å²) in [7, 11) is -4.04. The molecular formula is C19H20N2O5S. The summed E-state index contributed by atoms with van der Waals surface area (Å²) in [4.78, 5) is 15.7. The molecule has 3 aromatic rings. The van der Waals surface area contributed by atoms with Crippen molar-refractivity contribution in [1.29, 1.82) is 0 Å². The molecule has 0 saturated carbocycles. The van der Waals surface area contributed by atoms with Gasteiger partial charge in [-0.1, -0.05) is 6.07 Å². The van der Waals surface area contributed by atoms with E-state index < -0.39 is 16.0 Å². The zero-order chi connectivity index (χ0) is 19.9. The Bertz CT molecular complexity index is 1150. The van der Waals surface area contributed by atoms with Crippen LogP contribution in [0.5, 0.6) is 0 Å². The number of aromatic nitrogens is 1. The highest BCUT2D eigenvalue weighted by Gasteiger charge is 2.29. The number of anilines is 1. The Morgan fingerprint density at radius 1 is 1.19 bits per heavy atom. The van der Waals surface area contributed by atoms with Crippen LogP contribution in [0.3, 0.4) is 0 Å². The molecule has 0 amide bonds. The fourth-order valence-corrected chi connectivity index (χ4v) is 4.34. The van der Waals surface area contributed by atoms with Gasteiger partial charge in [-0.2, -0.15) is 4.98 Å². The smallest absolute Gasteiger partial charge is 0.336 e. The van der Waals surface area contributed by atoms with Crippen LogP contribution in [0.1, 0.15) is 34.0 Å². The quantitative estimate of drug-likeness (QED) is 0.716. The largest absolute Gasteiger partial charge is 0.478 e. The Hall–Kier alpha value is -2.87. The van der Waals surface area contributed by atoms with Crippen molar-refractivity contribution in [3.8, 4) is 0 Å². The molecule has 0 unspecified atom stereocenters. The average molecular weight is 388 g/mol. The first-order valence-electron chi connectivity index (χ1n) is 8.39. The highest BCUT2D eigenvalue weighted by Crippen LogP contribution is 2.29. The van der Waals surface area contributed by atoms with Crippen molar-refractivity contribution in [2.45, 2.75) is 32.6 Å². The SMILES string of the molecule is CCN(c1nc2cc(C)ccc2o1)S(=O)(=O)c1cc(C)c(C)c(C(=O)O)c1. The van der Waals surface area contributed by atoms with Crippen LogP contribution < -0.4 is 4.31 Å². The molecule has 1 aromatic heterocycles. The minimum Gasteiger partial charge on any atom is -0.478 e. The molecular weight excluding hydrogens is 368 g/mol. The van der Waals surface area contributed by atoms with E-state index in [0.717, 1.165) is 9.87 Å². The second-order valence-corrected chi connectivity index (χ2v) is 8.22. The topological polar surface area (TPSA) is 101 Å². The normalized spacial score (nSPS) is 11.7.